The van der Waals surface area contributed by atoms with Crippen LogP contribution in [0.3, 0.4) is 0 Å². The Hall–Kier alpha value is -1.04. The van der Waals surface area contributed by atoms with Crippen molar-refractivity contribution in [3.8, 4) is 0 Å². The molecule has 1 aromatic heterocycles. The van der Waals surface area contributed by atoms with Gasteiger partial charge in [-0.15, -0.1) is 11.8 Å². The quantitative estimate of drug-likeness (QED) is 0.852. The molecule has 0 radical (unpaired) electrons. The minimum Gasteiger partial charge on any atom is -0.338 e. The Labute approximate surface area is 115 Å². The first kappa shape index (κ1) is 13.4. The second-order valence-corrected chi connectivity index (χ2v) is 5.29. The molecule has 6 heteroatoms. The Morgan fingerprint density at radius 1 is 1.39 bits per heavy atom. The molecule has 0 aliphatic rings. The zero-order valence-corrected chi connectivity index (χ0v) is 11.5. The number of nitrogens with zero attached hydrogens (tertiary/aromatic N) is 2. The third kappa shape index (κ3) is 3.48. The maximum Gasteiger partial charge on any atom is 0.243 e. The Balaban J connectivity index is 1.94. The summed E-state index contributed by atoms with van der Waals surface area (Å²) in [6.07, 6.45) is 0.784. The van der Waals surface area contributed by atoms with Gasteiger partial charge in [-0.1, -0.05) is 23.7 Å². The summed E-state index contributed by atoms with van der Waals surface area (Å²) < 4.78 is 5.10. The molecule has 2 N–H and O–H groups in total. The molecule has 0 aliphatic heterocycles. The summed E-state index contributed by atoms with van der Waals surface area (Å²) in [5.74, 6) is 1.82. The number of benzene rings is 1. The molecule has 1 atom stereocenters. The van der Waals surface area contributed by atoms with Crippen molar-refractivity contribution in [1.29, 1.82) is 0 Å². The minimum absolute atomic E-state index is 0.174. The van der Waals surface area contributed by atoms with Crippen LogP contribution in [0.5, 0.6) is 0 Å². The molecule has 0 saturated carbocycles. The van der Waals surface area contributed by atoms with Crippen molar-refractivity contribution in [3.05, 3.63) is 41.0 Å². The van der Waals surface area contributed by atoms with Gasteiger partial charge in [0.2, 0.25) is 5.89 Å². The monoisotopic (exact) mass is 283 g/mol. The van der Waals surface area contributed by atoms with Crippen LogP contribution >= 0.6 is 23.4 Å². The Morgan fingerprint density at radius 2 is 2.11 bits per heavy atom. The SMILES string of the molecule is CC[C@H](N)c1nc(CSc2ccc(Cl)cc2)no1. The van der Waals surface area contributed by atoms with Crippen molar-refractivity contribution in [1.82, 2.24) is 10.1 Å². The summed E-state index contributed by atoms with van der Waals surface area (Å²) in [7, 11) is 0. The van der Waals surface area contributed by atoms with E-state index >= 15 is 0 Å². The second kappa shape index (κ2) is 6.22. The Morgan fingerprint density at radius 3 is 2.78 bits per heavy atom. The molecule has 0 bridgehead atoms. The second-order valence-electron chi connectivity index (χ2n) is 3.81. The van der Waals surface area contributed by atoms with Gasteiger partial charge in [0.25, 0.3) is 0 Å². The summed E-state index contributed by atoms with van der Waals surface area (Å²) in [4.78, 5) is 5.38. The molecular formula is C12H14ClN3OS. The van der Waals surface area contributed by atoms with E-state index in [1.54, 1.807) is 11.8 Å². The van der Waals surface area contributed by atoms with Gasteiger partial charge >= 0.3 is 0 Å². The van der Waals surface area contributed by atoms with Crippen LogP contribution in [0.25, 0.3) is 0 Å². The maximum atomic E-state index is 5.82. The largest absolute Gasteiger partial charge is 0.338 e. The third-order valence-corrected chi connectivity index (χ3v) is 3.68. The lowest BCUT2D eigenvalue weighted by molar-refractivity contribution is 0.349. The van der Waals surface area contributed by atoms with Crippen LogP contribution in [0.15, 0.2) is 33.7 Å². The first-order valence-electron chi connectivity index (χ1n) is 5.65. The lowest BCUT2D eigenvalue weighted by atomic mass is 10.2. The van der Waals surface area contributed by atoms with Gasteiger partial charge in [-0.25, -0.2) is 0 Å². The van der Waals surface area contributed by atoms with E-state index in [2.05, 4.69) is 10.1 Å². The predicted octanol–water partition coefficient (Wildman–Crippen LogP) is 3.43. The molecular weight excluding hydrogens is 270 g/mol. The van der Waals surface area contributed by atoms with E-state index in [1.165, 1.54) is 0 Å². The van der Waals surface area contributed by atoms with Gasteiger partial charge < -0.3 is 10.3 Å². The Kier molecular flexibility index (Phi) is 4.63. The standard InChI is InChI=1S/C12H14ClN3OS/c1-2-10(14)12-15-11(16-17-12)7-18-9-5-3-8(13)4-6-9/h3-6,10H,2,7,14H2,1H3/t10-/m0/s1. The van der Waals surface area contributed by atoms with Gasteiger partial charge in [0.1, 0.15) is 0 Å². The highest BCUT2D eigenvalue weighted by Crippen LogP contribution is 2.23. The van der Waals surface area contributed by atoms with Gasteiger partial charge in [-0.3, -0.25) is 0 Å². The molecule has 0 fully saturated rings. The summed E-state index contributed by atoms with van der Waals surface area (Å²) >= 11 is 7.45. The van der Waals surface area contributed by atoms with Gasteiger partial charge in [-0.2, -0.15) is 4.98 Å². The number of rotatable bonds is 5. The summed E-state index contributed by atoms with van der Waals surface area (Å²) in [6, 6.07) is 7.47. The van der Waals surface area contributed by atoms with Crippen molar-refractivity contribution in [3.63, 3.8) is 0 Å². The molecule has 4 nitrogen and oxygen atoms in total. The molecule has 1 aromatic carbocycles. The number of aromatic nitrogens is 2. The van der Waals surface area contributed by atoms with Crippen molar-refractivity contribution < 1.29 is 4.52 Å². The van der Waals surface area contributed by atoms with Crippen LogP contribution in [0.4, 0.5) is 0 Å². The number of hydrogen-bond acceptors (Lipinski definition) is 5. The molecule has 2 rings (SSSR count). The number of thioether (sulfide) groups is 1. The fraction of sp³-hybridized carbons (Fsp3) is 0.333. The summed E-state index contributed by atoms with van der Waals surface area (Å²) in [5.41, 5.74) is 5.81. The zero-order chi connectivity index (χ0) is 13.0. The van der Waals surface area contributed by atoms with Crippen LogP contribution in [-0.2, 0) is 5.75 Å². The van der Waals surface area contributed by atoms with E-state index in [9.17, 15) is 0 Å². The lowest BCUT2D eigenvalue weighted by Crippen LogP contribution is -2.08. The average molecular weight is 284 g/mol. The first-order chi connectivity index (χ1) is 8.69. The lowest BCUT2D eigenvalue weighted by Gasteiger charge is -1.99. The average Bonchev–Trinajstić information content (AvgIpc) is 2.86. The van der Waals surface area contributed by atoms with Gasteiger partial charge in [0.05, 0.1) is 11.8 Å². The normalized spacial score (nSPS) is 12.6. The Bertz CT molecular complexity index is 500. The highest BCUT2D eigenvalue weighted by Gasteiger charge is 2.12. The van der Waals surface area contributed by atoms with Crippen LogP contribution in [0.1, 0.15) is 31.1 Å². The van der Waals surface area contributed by atoms with Gasteiger partial charge in [-0.05, 0) is 30.7 Å². The molecule has 2 aromatic rings. The van der Waals surface area contributed by atoms with E-state index in [4.69, 9.17) is 21.9 Å². The smallest absolute Gasteiger partial charge is 0.243 e. The molecule has 0 spiro atoms. The van der Waals surface area contributed by atoms with E-state index in [-0.39, 0.29) is 6.04 Å². The predicted molar refractivity (Wildman–Crippen MR) is 72.5 cm³/mol. The molecule has 96 valence electrons. The fourth-order valence-corrected chi connectivity index (χ4v) is 2.20. The van der Waals surface area contributed by atoms with Gasteiger partial charge in [0, 0.05) is 9.92 Å². The van der Waals surface area contributed by atoms with Crippen molar-refractivity contribution in [2.75, 3.05) is 0 Å². The van der Waals surface area contributed by atoms with Crippen molar-refractivity contribution >= 4 is 23.4 Å². The van der Waals surface area contributed by atoms with E-state index < -0.39 is 0 Å². The number of halogens is 1. The number of hydrogen-bond donors (Lipinski definition) is 1. The molecule has 0 aliphatic carbocycles. The molecule has 0 saturated heterocycles. The molecule has 1 heterocycles. The summed E-state index contributed by atoms with van der Waals surface area (Å²) in [5, 5.41) is 4.64. The van der Waals surface area contributed by atoms with Crippen LogP contribution in [-0.4, -0.2) is 10.1 Å². The topological polar surface area (TPSA) is 64.9 Å². The van der Waals surface area contributed by atoms with E-state index in [0.717, 1.165) is 16.3 Å². The third-order valence-electron chi connectivity index (χ3n) is 2.42. The summed E-state index contributed by atoms with van der Waals surface area (Å²) in [6.45, 7) is 1.98. The first-order valence-corrected chi connectivity index (χ1v) is 7.02. The van der Waals surface area contributed by atoms with Crippen molar-refractivity contribution in [2.24, 2.45) is 5.73 Å². The van der Waals surface area contributed by atoms with Gasteiger partial charge in [0.15, 0.2) is 5.82 Å². The maximum absolute atomic E-state index is 5.82. The minimum atomic E-state index is -0.174. The van der Waals surface area contributed by atoms with Crippen LogP contribution < -0.4 is 5.73 Å². The molecule has 18 heavy (non-hydrogen) atoms. The zero-order valence-electron chi connectivity index (χ0n) is 9.97. The molecule has 0 unspecified atom stereocenters. The number of nitrogens with two attached hydrogens (primary N) is 1. The molecule has 0 amide bonds. The van der Waals surface area contributed by atoms with Crippen LogP contribution in [0.2, 0.25) is 5.02 Å². The fourth-order valence-electron chi connectivity index (χ4n) is 1.33. The van der Waals surface area contributed by atoms with Crippen LogP contribution in [0, 0.1) is 0 Å². The van der Waals surface area contributed by atoms with Crippen molar-refractivity contribution in [2.45, 2.75) is 30.0 Å². The van der Waals surface area contributed by atoms with E-state index in [1.807, 2.05) is 31.2 Å². The highest BCUT2D eigenvalue weighted by molar-refractivity contribution is 7.98. The highest BCUT2D eigenvalue weighted by atomic mass is 35.5. The van der Waals surface area contributed by atoms with E-state index in [0.29, 0.717) is 17.5 Å².